The first kappa shape index (κ1) is 40.6. The van der Waals surface area contributed by atoms with Crippen LogP contribution in [0.5, 0.6) is 11.5 Å². The van der Waals surface area contributed by atoms with Crippen molar-refractivity contribution < 1.29 is 29.2 Å². The number of amides is 1. The number of carbonyl (C=O) groups is 1. The van der Waals surface area contributed by atoms with E-state index in [1.807, 2.05) is 34.8 Å². The molecule has 3 aromatic carbocycles. The van der Waals surface area contributed by atoms with Gasteiger partial charge in [0.2, 0.25) is 5.91 Å². The van der Waals surface area contributed by atoms with Crippen LogP contribution in [0.1, 0.15) is 56.4 Å². The molecule has 1 unspecified atom stereocenters. The van der Waals surface area contributed by atoms with Crippen molar-refractivity contribution in [3.05, 3.63) is 89.7 Å². The predicted molar refractivity (Wildman–Crippen MR) is 218 cm³/mol. The maximum atomic E-state index is 14.0. The number of ether oxygens (including phenoxy) is 3. The van der Waals surface area contributed by atoms with Crippen LogP contribution < -0.4 is 24.9 Å². The van der Waals surface area contributed by atoms with E-state index in [1.165, 1.54) is 10.8 Å². The molecule has 0 bridgehead atoms. The Balaban J connectivity index is 1.17. The molecule has 3 N–H and O–H groups in total. The van der Waals surface area contributed by atoms with Gasteiger partial charge < -0.3 is 29.7 Å². The zero-order valence-corrected chi connectivity index (χ0v) is 34.1. The van der Waals surface area contributed by atoms with Crippen molar-refractivity contribution in [2.24, 2.45) is 5.92 Å². The number of anilines is 2. The van der Waals surface area contributed by atoms with Gasteiger partial charge in [-0.3, -0.25) is 14.4 Å². The van der Waals surface area contributed by atoms with Gasteiger partial charge in [-0.1, -0.05) is 54.7 Å². The van der Waals surface area contributed by atoms with E-state index >= 15 is 0 Å². The minimum Gasteiger partial charge on any atom is -0.497 e. The zero-order chi connectivity index (χ0) is 39.0. The first-order chi connectivity index (χ1) is 26.7. The molecule has 0 aliphatic carbocycles. The number of aryl methyl sites for hydroxylation is 2. The highest BCUT2D eigenvalue weighted by molar-refractivity contribution is 6.91. The zero-order valence-electron chi connectivity index (χ0n) is 33.1. The molecular formula is C43H59N5O6Si. The lowest BCUT2D eigenvalue weighted by Crippen LogP contribution is -2.50. The molecule has 4 aromatic rings. The number of nitrogens with one attached hydrogen (secondary N) is 1. The van der Waals surface area contributed by atoms with E-state index in [1.54, 1.807) is 7.11 Å². The molecule has 12 heteroatoms. The third-order valence-electron chi connectivity index (χ3n) is 11.6. The summed E-state index contributed by atoms with van der Waals surface area (Å²) >= 11 is 0. The minimum absolute atomic E-state index is 0.0258. The highest BCUT2D eigenvalue weighted by Crippen LogP contribution is 2.46. The molecule has 296 valence electrons. The molecule has 1 aromatic heterocycles. The van der Waals surface area contributed by atoms with Crippen LogP contribution in [0.2, 0.25) is 18.6 Å². The van der Waals surface area contributed by atoms with E-state index in [2.05, 4.69) is 90.2 Å². The van der Waals surface area contributed by atoms with Gasteiger partial charge in [-0.15, -0.1) is 5.10 Å². The number of fused-ring (bicyclic) bond motifs is 1. The van der Waals surface area contributed by atoms with Gasteiger partial charge in [-0.05, 0) is 117 Å². The highest BCUT2D eigenvalue weighted by atomic mass is 28.3. The summed E-state index contributed by atoms with van der Waals surface area (Å²) in [5, 5.41) is 32.0. The monoisotopic (exact) mass is 769 g/mol. The molecule has 1 saturated heterocycles. The van der Waals surface area contributed by atoms with E-state index in [-0.39, 0.29) is 37.4 Å². The Morgan fingerprint density at radius 1 is 0.945 bits per heavy atom. The molecule has 2 aliphatic heterocycles. The van der Waals surface area contributed by atoms with Crippen molar-refractivity contribution >= 4 is 30.5 Å². The maximum Gasteiger partial charge on any atom is 0.249 e. The molecule has 2 aliphatic rings. The number of carbonyl (C=O) groups excluding carboxylic acids is 1. The maximum absolute atomic E-state index is 14.0. The number of benzene rings is 3. The molecule has 3 heterocycles. The van der Waals surface area contributed by atoms with Gasteiger partial charge >= 0.3 is 0 Å². The van der Waals surface area contributed by atoms with E-state index in [0.717, 1.165) is 59.8 Å². The quantitative estimate of drug-likeness (QED) is 0.0827. The number of rotatable bonds is 19. The Labute approximate surface area is 327 Å². The third kappa shape index (κ3) is 9.49. The molecule has 5 atom stereocenters. The van der Waals surface area contributed by atoms with Crippen molar-refractivity contribution in [3.8, 4) is 11.5 Å². The predicted octanol–water partition coefficient (Wildman–Crippen LogP) is 5.58. The second kappa shape index (κ2) is 18.7. The molecule has 0 spiro atoms. The minimum atomic E-state index is -2.01. The molecular weight excluding hydrogens is 711 g/mol. The Kier molecular flexibility index (Phi) is 13.8. The summed E-state index contributed by atoms with van der Waals surface area (Å²) < 4.78 is 20.2. The molecule has 0 radical (unpaired) electrons. The summed E-state index contributed by atoms with van der Waals surface area (Å²) in [5.41, 5.74) is 5.20. The average Bonchev–Trinajstić information content (AvgIpc) is 3.78. The number of hydrogen-bond donors (Lipinski definition) is 3. The number of aliphatic hydroxyl groups excluding tert-OH is 2. The van der Waals surface area contributed by atoms with Crippen LogP contribution >= 0.6 is 0 Å². The van der Waals surface area contributed by atoms with Crippen LogP contribution in [-0.2, 0) is 35.3 Å². The molecule has 1 fully saturated rings. The first-order valence-electron chi connectivity index (χ1n) is 20.0. The molecule has 6 rings (SSSR count). The fourth-order valence-corrected chi connectivity index (χ4v) is 12.8. The topological polar surface area (TPSA) is 131 Å². The SMILES string of the molecule is CCOc1ccc2c(c1)CC(NCCCCO)C(=O)N2c1ccc(CC[C@H]2O[C@@H](CCn3cc(CCO)nn3)[C@H]([Si](C)(C)c3ccc(OC)cc3)[C@H]2C)cc1. The Morgan fingerprint density at radius 2 is 1.71 bits per heavy atom. The van der Waals surface area contributed by atoms with Crippen LogP contribution in [0, 0.1) is 5.92 Å². The van der Waals surface area contributed by atoms with Crippen molar-refractivity contribution in [2.75, 3.05) is 38.4 Å². The number of unbranched alkanes of at least 4 members (excludes halogenated alkanes) is 1. The van der Waals surface area contributed by atoms with E-state index < -0.39 is 8.07 Å². The van der Waals surface area contributed by atoms with Crippen molar-refractivity contribution in [1.82, 2.24) is 20.3 Å². The van der Waals surface area contributed by atoms with Gasteiger partial charge in [0, 0.05) is 38.1 Å². The summed E-state index contributed by atoms with van der Waals surface area (Å²) in [6.45, 7) is 11.4. The van der Waals surface area contributed by atoms with Gasteiger partial charge in [0.25, 0.3) is 0 Å². The average molecular weight is 770 g/mol. The molecule has 11 nitrogen and oxygen atoms in total. The van der Waals surface area contributed by atoms with E-state index in [0.29, 0.717) is 50.4 Å². The summed E-state index contributed by atoms with van der Waals surface area (Å²) in [7, 11) is -0.309. The summed E-state index contributed by atoms with van der Waals surface area (Å²) in [4.78, 5) is 15.8. The van der Waals surface area contributed by atoms with Crippen LogP contribution in [0.25, 0.3) is 0 Å². The lowest BCUT2D eigenvalue weighted by Gasteiger charge is -2.36. The number of aliphatic hydroxyl groups is 2. The van der Waals surface area contributed by atoms with Gasteiger partial charge in [0.05, 0.1) is 51.4 Å². The third-order valence-corrected chi connectivity index (χ3v) is 16.0. The van der Waals surface area contributed by atoms with Crippen LogP contribution in [0.3, 0.4) is 0 Å². The van der Waals surface area contributed by atoms with Gasteiger partial charge in [-0.2, -0.15) is 0 Å². The van der Waals surface area contributed by atoms with Crippen LogP contribution in [0.15, 0.2) is 72.9 Å². The highest BCUT2D eigenvalue weighted by Gasteiger charge is 2.50. The summed E-state index contributed by atoms with van der Waals surface area (Å²) in [5.74, 6) is 2.06. The van der Waals surface area contributed by atoms with Gasteiger partial charge in [0.1, 0.15) is 11.5 Å². The van der Waals surface area contributed by atoms with Crippen molar-refractivity contribution in [2.45, 2.75) is 102 Å². The van der Waals surface area contributed by atoms with Gasteiger partial charge in [0.15, 0.2) is 0 Å². The summed E-state index contributed by atoms with van der Waals surface area (Å²) in [6.07, 6.45) is 7.32. The molecule has 55 heavy (non-hydrogen) atoms. The first-order valence-corrected chi connectivity index (χ1v) is 23.1. The van der Waals surface area contributed by atoms with Crippen molar-refractivity contribution in [1.29, 1.82) is 0 Å². The Morgan fingerprint density at radius 3 is 2.42 bits per heavy atom. The Hall–Kier alpha value is -4.07. The van der Waals surface area contributed by atoms with Crippen LogP contribution in [-0.4, -0.2) is 90.9 Å². The normalized spacial score (nSPS) is 21.2. The van der Waals surface area contributed by atoms with Crippen molar-refractivity contribution in [3.63, 3.8) is 0 Å². The van der Waals surface area contributed by atoms with Gasteiger partial charge in [-0.25, -0.2) is 0 Å². The Bertz CT molecular complexity index is 1830. The smallest absolute Gasteiger partial charge is 0.249 e. The molecule has 1 amide bonds. The second-order valence-electron chi connectivity index (χ2n) is 15.5. The number of methoxy groups -OCH3 is 1. The number of nitrogens with zero attached hydrogens (tertiary/aromatic N) is 4. The van der Waals surface area contributed by atoms with E-state index in [4.69, 9.17) is 14.2 Å². The fourth-order valence-electron chi connectivity index (χ4n) is 8.69. The largest absolute Gasteiger partial charge is 0.497 e. The standard InChI is InChI=1S/C43H59N5O6Si/c1-6-53-36-16-19-39-32(27-36)28-38(44-23-7-8-25-49)43(51)48(39)34-12-9-31(10-13-34)11-20-40-30(2)42(55(4,5)37-17-14-35(52-3)15-18-37)41(54-40)21-24-47-29-33(22-26-50)45-46-47/h9-10,12-19,27,29-30,38,40-42,44,49-50H,6-8,11,20-26,28H2,1-5H3/t30-,38?,40+,41-,42+/m0/s1. The summed E-state index contributed by atoms with van der Waals surface area (Å²) in [6, 6.07) is 22.7. The van der Waals surface area contributed by atoms with E-state index in [9.17, 15) is 15.0 Å². The fraction of sp³-hybridized carbons (Fsp3) is 0.512. The van der Waals surface area contributed by atoms with Crippen LogP contribution in [0.4, 0.5) is 11.4 Å². The lowest BCUT2D eigenvalue weighted by atomic mass is 9.94. The number of hydrogen-bond acceptors (Lipinski definition) is 9. The molecule has 0 saturated carbocycles. The second-order valence-corrected chi connectivity index (χ2v) is 20.2. The number of aromatic nitrogens is 3. The lowest BCUT2D eigenvalue weighted by molar-refractivity contribution is -0.120.